The molecule has 2 aromatic carbocycles. The van der Waals surface area contributed by atoms with E-state index < -0.39 is 15.1 Å². The molecule has 6 heteroatoms. The van der Waals surface area contributed by atoms with Crippen molar-refractivity contribution in [3.63, 3.8) is 0 Å². The molecule has 0 heterocycles. The van der Waals surface area contributed by atoms with Gasteiger partial charge in [-0.1, -0.05) is 30.3 Å². The van der Waals surface area contributed by atoms with E-state index in [9.17, 15) is 13.2 Å². The van der Waals surface area contributed by atoms with Crippen LogP contribution in [0.15, 0.2) is 48.5 Å². The molecule has 0 radical (unpaired) electrons. The maximum absolute atomic E-state index is 12.1. The van der Waals surface area contributed by atoms with Crippen molar-refractivity contribution in [2.45, 2.75) is 31.8 Å². The van der Waals surface area contributed by atoms with Crippen LogP contribution in [0.25, 0.3) is 0 Å². The summed E-state index contributed by atoms with van der Waals surface area (Å²) in [5.41, 5.74) is 2.90. The van der Waals surface area contributed by atoms with Crippen LogP contribution in [0.4, 0.5) is 16.2 Å². The van der Waals surface area contributed by atoms with Gasteiger partial charge in [-0.2, -0.15) is 0 Å². The van der Waals surface area contributed by atoms with E-state index in [1.807, 2.05) is 31.2 Å². The molecule has 2 amide bonds. The molecule has 0 aromatic heterocycles. The molecule has 0 aliphatic heterocycles. The van der Waals surface area contributed by atoms with E-state index in [1.54, 1.807) is 38.1 Å². The lowest BCUT2D eigenvalue weighted by Gasteiger charge is -2.11. The number of carbonyl (C=O) groups excluding carboxylic acids is 1. The second-order valence-electron chi connectivity index (χ2n) is 5.95. The number of para-hydroxylation sites is 1. The van der Waals surface area contributed by atoms with Gasteiger partial charge in [-0.25, -0.2) is 13.2 Å². The minimum absolute atomic E-state index is 0.0421. The van der Waals surface area contributed by atoms with E-state index >= 15 is 0 Å². The fraction of sp³-hybridized carbons (Fsp3) is 0.278. The van der Waals surface area contributed by atoms with Crippen LogP contribution < -0.4 is 10.6 Å². The van der Waals surface area contributed by atoms with Gasteiger partial charge in [-0.05, 0) is 50.1 Å². The number of hydrogen-bond donors (Lipinski definition) is 2. The van der Waals surface area contributed by atoms with Crippen LogP contribution in [0.5, 0.6) is 0 Å². The summed E-state index contributed by atoms with van der Waals surface area (Å²) in [7, 11) is -3.18. The Kier molecular flexibility index (Phi) is 5.62. The average Bonchev–Trinajstić information content (AvgIpc) is 2.49. The number of benzene rings is 2. The Bertz CT molecular complexity index is 830. The Morgan fingerprint density at radius 1 is 1.04 bits per heavy atom. The summed E-state index contributed by atoms with van der Waals surface area (Å²) in [5.74, 6) is -0.0421. The van der Waals surface area contributed by atoms with E-state index in [0.29, 0.717) is 11.3 Å². The van der Waals surface area contributed by atoms with Crippen molar-refractivity contribution in [2.75, 3.05) is 10.6 Å². The second kappa shape index (κ2) is 7.49. The monoisotopic (exact) mass is 346 g/mol. The van der Waals surface area contributed by atoms with Gasteiger partial charge < -0.3 is 10.6 Å². The van der Waals surface area contributed by atoms with Crippen molar-refractivity contribution in [3.8, 4) is 0 Å². The number of carbonyl (C=O) groups is 1. The minimum Gasteiger partial charge on any atom is -0.308 e. The number of sulfone groups is 1. The molecule has 128 valence electrons. The van der Waals surface area contributed by atoms with E-state index in [1.165, 1.54) is 0 Å². The Morgan fingerprint density at radius 3 is 2.42 bits per heavy atom. The lowest BCUT2D eigenvalue weighted by molar-refractivity contribution is 0.262. The molecule has 0 fully saturated rings. The SMILES string of the molecule is Cc1ccccc1NC(=O)Nc1cccc(CS(=O)(=O)C(C)C)c1. The van der Waals surface area contributed by atoms with E-state index in [4.69, 9.17) is 0 Å². The zero-order chi connectivity index (χ0) is 17.7. The Balaban J connectivity index is 2.07. The number of hydrogen-bond acceptors (Lipinski definition) is 3. The average molecular weight is 346 g/mol. The Labute approximate surface area is 143 Å². The molecule has 0 saturated heterocycles. The van der Waals surface area contributed by atoms with Gasteiger partial charge in [0, 0.05) is 11.4 Å². The van der Waals surface area contributed by atoms with Crippen molar-refractivity contribution < 1.29 is 13.2 Å². The zero-order valence-corrected chi connectivity index (χ0v) is 14.9. The highest BCUT2D eigenvalue weighted by Gasteiger charge is 2.17. The maximum Gasteiger partial charge on any atom is 0.323 e. The Morgan fingerprint density at radius 2 is 1.75 bits per heavy atom. The first-order valence-corrected chi connectivity index (χ1v) is 9.43. The van der Waals surface area contributed by atoms with Gasteiger partial charge in [-0.15, -0.1) is 0 Å². The summed E-state index contributed by atoms with van der Waals surface area (Å²) in [6, 6.07) is 14.0. The number of anilines is 2. The summed E-state index contributed by atoms with van der Waals surface area (Å²) >= 11 is 0. The van der Waals surface area contributed by atoms with Gasteiger partial charge in [0.15, 0.2) is 9.84 Å². The fourth-order valence-corrected chi connectivity index (χ4v) is 3.11. The zero-order valence-electron chi connectivity index (χ0n) is 14.0. The van der Waals surface area contributed by atoms with E-state index in [2.05, 4.69) is 10.6 Å². The predicted octanol–water partition coefficient (Wildman–Crippen LogP) is 3.96. The summed E-state index contributed by atoms with van der Waals surface area (Å²) in [4.78, 5) is 12.1. The number of nitrogens with one attached hydrogen (secondary N) is 2. The highest BCUT2D eigenvalue weighted by atomic mass is 32.2. The number of urea groups is 1. The first-order valence-electron chi connectivity index (χ1n) is 7.72. The van der Waals surface area contributed by atoms with Gasteiger partial charge in [0.05, 0.1) is 11.0 Å². The van der Waals surface area contributed by atoms with Crippen LogP contribution >= 0.6 is 0 Å². The first-order chi connectivity index (χ1) is 11.3. The van der Waals surface area contributed by atoms with Gasteiger partial charge >= 0.3 is 6.03 Å². The molecule has 24 heavy (non-hydrogen) atoms. The Hall–Kier alpha value is -2.34. The van der Waals surface area contributed by atoms with Crippen LogP contribution in [0.3, 0.4) is 0 Å². The minimum atomic E-state index is -3.18. The smallest absolute Gasteiger partial charge is 0.308 e. The third kappa shape index (κ3) is 4.83. The molecule has 0 aliphatic carbocycles. The highest BCUT2D eigenvalue weighted by Crippen LogP contribution is 2.17. The predicted molar refractivity (Wildman–Crippen MR) is 98.0 cm³/mol. The molecule has 0 atom stereocenters. The van der Waals surface area contributed by atoms with Crippen molar-refractivity contribution in [1.29, 1.82) is 0 Å². The molecule has 0 unspecified atom stereocenters. The van der Waals surface area contributed by atoms with Crippen molar-refractivity contribution in [3.05, 3.63) is 59.7 Å². The molecule has 0 bridgehead atoms. The van der Waals surface area contributed by atoms with Gasteiger partial charge in [0.2, 0.25) is 0 Å². The summed E-state index contributed by atoms with van der Waals surface area (Å²) in [6.45, 7) is 5.23. The quantitative estimate of drug-likeness (QED) is 0.860. The van der Waals surface area contributed by atoms with Gasteiger partial charge in [-0.3, -0.25) is 0 Å². The van der Waals surface area contributed by atoms with Crippen molar-refractivity contribution in [2.24, 2.45) is 0 Å². The molecular weight excluding hydrogens is 324 g/mol. The first kappa shape index (κ1) is 18.0. The van der Waals surface area contributed by atoms with Gasteiger partial charge in [0.1, 0.15) is 0 Å². The lowest BCUT2D eigenvalue weighted by atomic mass is 10.2. The fourth-order valence-electron chi connectivity index (χ4n) is 2.14. The summed E-state index contributed by atoms with van der Waals surface area (Å²) in [6.07, 6.45) is 0. The number of rotatable bonds is 5. The molecule has 0 saturated carbocycles. The molecule has 5 nitrogen and oxygen atoms in total. The van der Waals surface area contributed by atoms with E-state index in [-0.39, 0.29) is 11.8 Å². The van der Waals surface area contributed by atoms with Crippen LogP contribution in [0.1, 0.15) is 25.0 Å². The van der Waals surface area contributed by atoms with Crippen LogP contribution in [0.2, 0.25) is 0 Å². The van der Waals surface area contributed by atoms with Gasteiger partial charge in [0.25, 0.3) is 0 Å². The molecule has 2 rings (SSSR count). The molecule has 0 aliphatic rings. The van der Waals surface area contributed by atoms with Crippen LogP contribution in [-0.2, 0) is 15.6 Å². The van der Waals surface area contributed by atoms with Crippen molar-refractivity contribution >= 4 is 27.2 Å². The number of amides is 2. The second-order valence-corrected chi connectivity index (χ2v) is 8.51. The molecule has 2 N–H and O–H groups in total. The topological polar surface area (TPSA) is 75.3 Å². The molecular formula is C18H22N2O3S. The third-order valence-corrected chi connectivity index (χ3v) is 5.84. The highest BCUT2D eigenvalue weighted by molar-refractivity contribution is 7.91. The maximum atomic E-state index is 12.1. The molecule has 0 spiro atoms. The standard InChI is InChI=1S/C18H22N2O3S/c1-13(2)24(22,23)12-15-8-6-9-16(11-15)19-18(21)20-17-10-5-4-7-14(17)3/h4-11,13H,12H2,1-3H3,(H2,19,20,21). The lowest BCUT2D eigenvalue weighted by Crippen LogP contribution is -2.20. The largest absolute Gasteiger partial charge is 0.323 e. The molecule has 2 aromatic rings. The van der Waals surface area contributed by atoms with E-state index in [0.717, 1.165) is 11.3 Å². The summed E-state index contributed by atoms with van der Waals surface area (Å²) < 4.78 is 24.0. The number of aryl methyl sites for hydroxylation is 1. The third-order valence-electron chi connectivity index (χ3n) is 3.66. The summed E-state index contributed by atoms with van der Waals surface area (Å²) in [5, 5.41) is 5.07. The normalized spacial score (nSPS) is 11.3. The van der Waals surface area contributed by atoms with Crippen molar-refractivity contribution in [1.82, 2.24) is 0 Å². The van der Waals surface area contributed by atoms with Crippen LogP contribution in [-0.4, -0.2) is 19.7 Å². The van der Waals surface area contributed by atoms with Crippen LogP contribution in [0, 0.1) is 6.92 Å².